The Kier molecular flexibility index (Phi) is 69.9. The number of esters is 1. The maximum atomic E-state index is 12.5. The quantitative estimate of drug-likeness (QED) is 0.0320. The summed E-state index contributed by atoms with van der Waals surface area (Å²) in [5.41, 5.74) is 0. The number of aliphatic hydroxyl groups is 2. The van der Waals surface area contributed by atoms with Crippen molar-refractivity contribution in [1.29, 1.82) is 0 Å². The third-order valence-electron chi connectivity index (χ3n) is 17.8. The zero-order valence-corrected chi connectivity index (χ0v) is 55.3. The monoisotopic (exact) mass is 1140 g/mol. The number of aliphatic hydroxyl groups excluding tert-OH is 2. The molecule has 0 saturated carbocycles. The minimum atomic E-state index is -0.661. The van der Waals surface area contributed by atoms with Gasteiger partial charge in [-0.15, -0.1) is 0 Å². The first-order chi connectivity index (χ1) is 40.0. The topological polar surface area (TPSA) is 95.9 Å². The highest BCUT2D eigenvalue weighted by molar-refractivity contribution is 5.76. The first-order valence-electron chi connectivity index (χ1n) is 37.4. The fourth-order valence-corrected chi connectivity index (χ4v) is 12.1. The molecule has 0 bridgehead atoms. The molecule has 482 valence electrons. The Balaban J connectivity index is 3.31. The van der Waals surface area contributed by atoms with Gasteiger partial charge in [0.2, 0.25) is 5.91 Å². The molecule has 2 unspecified atom stereocenters. The lowest BCUT2D eigenvalue weighted by atomic mass is 10.0. The fraction of sp³-hybridized carbons (Fsp3) is 0.947. The lowest BCUT2D eigenvalue weighted by molar-refractivity contribution is -0.143. The number of unbranched alkanes of at least 4 members (excludes halogenated alkanes) is 58. The van der Waals surface area contributed by atoms with E-state index < -0.39 is 12.1 Å². The van der Waals surface area contributed by atoms with Gasteiger partial charge in [0.1, 0.15) is 0 Å². The molecule has 2 atom stereocenters. The van der Waals surface area contributed by atoms with Crippen LogP contribution in [0.5, 0.6) is 0 Å². The molecule has 0 rings (SSSR count). The Labute approximate surface area is 508 Å². The van der Waals surface area contributed by atoms with Crippen LogP contribution in [0.15, 0.2) is 12.2 Å². The van der Waals surface area contributed by atoms with Crippen molar-refractivity contribution in [2.45, 2.75) is 443 Å². The average molecular weight is 1140 g/mol. The molecule has 0 fully saturated rings. The molecule has 0 aliphatic rings. The smallest absolute Gasteiger partial charge is 0.305 e. The number of hydrogen-bond acceptors (Lipinski definition) is 5. The van der Waals surface area contributed by atoms with Crippen LogP contribution in [0.3, 0.4) is 0 Å². The third-order valence-corrected chi connectivity index (χ3v) is 17.8. The van der Waals surface area contributed by atoms with Crippen LogP contribution in [0.4, 0.5) is 0 Å². The minimum absolute atomic E-state index is 0.0242. The van der Waals surface area contributed by atoms with E-state index in [0.717, 1.165) is 38.5 Å². The molecule has 3 N–H and O–H groups in total. The number of hydrogen-bond donors (Lipinski definition) is 3. The van der Waals surface area contributed by atoms with E-state index in [9.17, 15) is 19.8 Å². The first-order valence-corrected chi connectivity index (χ1v) is 37.4. The van der Waals surface area contributed by atoms with Gasteiger partial charge in [0, 0.05) is 12.8 Å². The second-order valence-corrected chi connectivity index (χ2v) is 26.0. The van der Waals surface area contributed by atoms with Crippen LogP contribution >= 0.6 is 0 Å². The Morgan fingerprint density at radius 3 is 0.877 bits per heavy atom. The van der Waals surface area contributed by atoms with Gasteiger partial charge in [-0.3, -0.25) is 9.59 Å². The van der Waals surface area contributed by atoms with Gasteiger partial charge in [-0.25, -0.2) is 0 Å². The SMILES string of the molecule is CCCCCCCCCCCCCCCCCCCCC(=O)OCCCCCCCCCCCCCC/C=C\CCCCCCCCCCCCCCCCCCCC(=O)NC(CO)C(O)CCCCCCCCCCCCCCC. The zero-order valence-electron chi connectivity index (χ0n) is 55.3. The maximum absolute atomic E-state index is 12.5. The molecule has 0 radical (unpaired) electrons. The molecule has 0 aromatic heterocycles. The van der Waals surface area contributed by atoms with Crippen LogP contribution < -0.4 is 5.32 Å². The molecular formula is C75H147NO5. The van der Waals surface area contributed by atoms with Gasteiger partial charge in [0.05, 0.1) is 25.4 Å². The molecule has 0 aromatic carbocycles. The van der Waals surface area contributed by atoms with E-state index in [-0.39, 0.29) is 18.5 Å². The molecule has 6 heteroatoms. The highest BCUT2D eigenvalue weighted by atomic mass is 16.5. The summed E-state index contributed by atoms with van der Waals surface area (Å²) in [6, 6.07) is -0.538. The number of ether oxygens (including phenoxy) is 1. The van der Waals surface area contributed by atoms with Crippen LogP contribution in [-0.4, -0.2) is 47.4 Å². The van der Waals surface area contributed by atoms with E-state index in [0.29, 0.717) is 25.9 Å². The largest absolute Gasteiger partial charge is 0.466 e. The van der Waals surface area contributed by atoms with Gasteiger partial charge in [0.15, 0.2) is 0 Å². The summed E-state index contributed by atoms with van der Waals surface area (Å²) < 4.78 is 5.51. The zero-order chi connectivity index (χ0) is 58.5. The number of allylic oxidation sites excluding steroid dienone is 2. The van der Waals surface area contributed by atoms with E-state index in [1.807, 2.05) is 0 Å². The van der Waals surface area contributed by atoms with Gasteiger partial charge in [-0.2, -0.15) is 0 Å². The first kappa shape index (κ1) is 79.6. The van der Waals surface area contributed by atoms with Crippen LogP contribution in [0.2, 0.25) is 0 Å². The summed E-state index contributed by atoms with van der Waals surface area (Å²) in [6.07, 6.45) is 88.6. The van der Waals surface area contributed by atoms with Crippen molar-refractivity contribution < 1.29 is 24.5 Å². The Morgan fingerprint density at radius 2 is 0.580 bits per heavy atom. The highest BCUT2D eigenvalue weighted by Gasteiger charge is 2.20. The molecule has 0 aliphatic carbocycles. The van der Waals surface area contributed by atoms with Crippen molar-refractivity contribution in [2.75, 3.05) is 13.2 Å². The standard InChI is InChI=1S/C75H147NO5/c1-3-5-7-9-11-13-15-17-18-19-38-41-45-49-53-57-61-65-69-75(80)81-70-66-62-58-54-50-46-42-39-36-34-32-30-28-26-24-22-20-21-23-25-27-29-31-33-35-37-40-44-48-52-56-60-64-68-74(79)76-72(71-77)73(78)67-63-59-55-51-47-43-16-14-12-10-8-6-4-2/h24,26,72-73,77-78H,3-23,25,27-71H2,1-2H3,(H,76,79)/b26-24-. The van der Waals surface area contributed by atoms with E-state index >= 15 is 0 Å². The van der Waals surface area contributed by atoms with Crippen molar-refractivity contribution in [3.05, 3.63) is 12.2 Å². The molecule has 0 heterocycles. The Hall–Kier alpha value is -1.40. The number of carbonyl (C=O) groups is 2. The fourth-order valence-electron chi connectivity index (χ4n) is 12.1. The van der Waals surface area contributed by atoms with E-state index in [1.54, 1.807) is 0 Å². The molecule has 0 aliphatic heterocycles. The van der Waals surface area contributed by atoms with E-state index in [2.05, 4.69) is 31.3 Å². The summed E-state index contributed by atoms with van der Waals surface area (Å²) in [5.74, 6) is -0.00503. The number of rotatable bonds is 71. The van der Waals surface area contributed by atoms with Crippen LogP contribution in [0.25, 0.3) is 0 Å². The summed E-state index contributed by atoms with van der Waals surface area (Å²) in [6.45, 7) is 5.00. The van der Waals surface area contributed by atoms with Gasteiger partial charge < -0.3 is 20.3 Å². The molecule has 81 heavy (non-hydrogen) atoms. The number of nitrogens with one attached hydrogen (secondary N) is 1. The molecule has 0 spiro atoms. The molecule has 0 aromatic rings. The molecular weight excluding hydrogens is 995 g/mol. The number of amides is 1. The van der Waals surface area contributed by atoms with Crippen molar-refractivity contribution in [2.24, 2.45) is 0 Å². The van der Waals surface area contributed by atoms with Crippen molar-refractivity contribution in [1.82, 2.24) is 5.32 Å². The Bertz CT molecular complexity index is 1220. The predicted octanol–water partition coefficient (Wildman–Crippen LogP) is 24.3. The van der Waals surface area contributed by atoms with Crippen molar-refractivity contribution in [3.63, 3.8) is 0 Å². The highest BCUT2D eigenvalue weighted by Crippen LogP contribution is 2.20. The summed E-state index contributed by atoms with van der Waals surface area (Å²) in [5, 5.41) is 23.3. The predicted molar refractivity (Wildman–Crippen MR) is 357 cm³/mol. The summed E-state index contributed by atoms with van der Waals surface area (Å²) >= 11 is 0. The normalized spacial score (nSPS) is 12.5. The summed E-state index contributed by atoms with van der Waals surface area (Å²) in [4.78, 5) is 24.6. The molecule has 0 saturated heterocycles. The van der Waals surface area contributed by atoms with Crippen molar-refractivity contribution in [3.8, 4) is 0 Å². The summed E-state index contributed by atoms with van der Waals surface area (Å²) in [7, 11) is 0. The maximum Gasteiger partial charge on any atom is 0.305 e. The van der Waals surface area contributed by atoms with Gasteiger partial charge in [-0.1, -0.05) is 379 Å². The van der Waals surface area contributed by atoms with Crippen LogP contribution in [0.1, 0.15) is 431 Å². The van der Waals surface area contributed by atoms with Crippen LogP contribution in [-0.2, 0) is 14.3 Å². The third kappa shape index (κ3) is 67.6. The van der Waals surface area contributed by atoms with E-state index in [4.69, 9.17) is 4.74 Å². The lowest BCUT2D eigenvalue weighted by Crippen LogP contribution is -2.45. The molecule has 6 nitrogen and oxygen atoms in total. The van der Waals surface area contributed by atoms with E-state index in [1.165, 1.54) is 360 Å². The lowest BCUT2D eigenvalue weighted by Gasteiger charge is -2.22. The molecule has 1 amide bonds. The van der Waals surface area contributed by atoms with Crippen LogP contribution in [0, 0.1) is 0 Å². The van der Waals surface area contributed by atoms with Gasteiger partial charge >= 0.3 is 5.97 Å². The Morgan fingerprint density at radius 1 is 0.333 bits per heavy atom. The second-order valence-electron chi connectivity index (χ2n) is 26.0. The number of carbonyl (C=O) groups excluding carboxylic acids is 2. The van der Waals surface area contributed by atoms with Crippen molar-refractivity contribution >= 4 is 11.9 Å². The van der Waals surface area contributed by atoms with Gasteiger partial charge in [0.25, 0.3) is 0 Å². The minimum Gasteiger partial charge on any atom is -0.466 e. The average Bonchev–Trinajstić information content (AvgIpc) is 3.47. The van der Waals surface area contributed by atoms with Gasteiger partial charge in [-0.05, 0) is 51.4 Å². The second kappa shape index (κ2) is 71.1.